The molecule has 4 nitrogen and oxygen atoms in total. The Bertz CT molecular complexity index is 457. The molecular formula is C12H15F3N4. The number of anilines is 1. The predicted molar refractivity (Wildman–Crippen MR) is 63.6 cm³/mol. The van der Waals surface area contributed by atoms with Crippen molar-refractivity contribution in [3.05, 3.63) is 18.1 Å². The van der Waals surface area contributed by atoms with Crippen LogP contribution in [0.4, 0.5) is 19.0 Å². The van der Waals surface area contributed by atoms with Gasteiger partial charge in [0, 0.05) is 18.1 Å². The topological polar surface area (TPSA) is 49.8 Å². The number of fused-ring (bicyclic) bond motifs is 2. The summed E-state index contributed by atoms with van der Waals surface area (Å²) in [5.74, 6) is 1.05. The Kier molecular flexibility index (Phi) is 2.88. The zero-order chi connectivity index (χ0) is 13.6. The van der Waals surface area contributed by atoms with E-state index in [0.717, 1.165) is 25.2 Å². The summed E-state index contributed by atoms with van der Waals surface area (Å²) in [5, 5.41) is 6.64. The van der Waals surface area contributed by atoms with Crippen LogP contribution in [0.3, 0.4) is 0 Å². The van der Waals surface area contributed by atoms with E-state index in [0.29, 0.717) is 23.8 Å². The Hall–Kier alpha value is -1.37. The van der Waals surface area contributed by atoms with Gasteiger partial charge in [0.05, 0.1) is 12.4 Å². The van der Waals surface area contributed by atoms with Crippen LogP contribution < -0.4 is 10.6 Å². The molecular weight excluding hydrogens is 257 g/mol. The molecule has 7 heteroatoms. The fourth-order valence-electron chi connectivity index (χ4n) is 3.04. The van der Waals surface area contributed by atoms with Gasteiger partial charge in [0.2, 0.25) is 0 Å². The minimum Gasteiger partial charge on any atom is -0.364 e. The zero-order valence-electron chi connectivity index (χ0n) is 10.4. The number of hydrogen-bond acceptors (Lipinski definition) is 4. The number of rotatable bonds is 2. The van der Waals surface area contributed by atoms with E-state index in [-0.39, 0.29) is 6.04 Å². The van der Waals surface area contributed by atoms with Crippen molar-refractivity contribution in [2.45, 2.75) is 44.1 Å². The van der Waals surface area contributed by atoms with Crippen molar-refractivity contribution in [1.29, 1.82) is 0 Å². The van der Waals surface area contributed by atoms with Crippen LogP contribution in [-0.4, -0.2) is 28.1 Å². The molecule has 104 valence electrons. The molecule has 4 unspecified atom stereocenters. The van der Waals surface area contributed by atoms with Crippen LogP contribution in [0, 0.1) is 5.92 Å². The van der Waals surface area contributed by atoms with Crippen LogP contribution in [0.25, 0.3) is 0 Å². The summed E-state index contributed by atoms with van der Waals surface area (Å²) < 4.78 is 37.1. The van der Waals surface area contributed by atoms with Gasteiger partial charge in [-0.15, -0.1) is 0 Å². The molecule has 1 aromatic rings. The molecule has 2 N–H and O–H groups in total. The number of piperidine rings is 1. The Labute approximate surface area is 108 Å². The first-order valence-corrected chi connectivity index (χ1v) is 6.35. The molecule has 1 aliphatic heterocycles. The second kappa shape index (κ2) is 4.33. The van der Waals surface area contributed by atoms with Crippen molar-refractivity contribution in [3.63, 3.8) is 0 Å². The molecule has 1 saturated heterocycles. The Morgan fingerprint density at radius 3 is 2.53 bits per heavy atom. The van der Waals surface area contributed by atoms with Gasteiger partial charge in [0.25, 0.3) is 0 Å². The lowest BCUT2D eigenvalue weighted by molar-refractivity contribution is -0.141. The summed E-state index contributed by atoms with van der Waals surface area (Å²) in [6.45, 7) is 2.17. The summed E-state index contributed by atoms with van der Waals surface area (Å²) in [5.41, 5.74) is -0.960. The van der Waals surface area contributed by atoms with Gasteiger partial charge in [0.1, 0.15) is 5.82 Å². The van der Waals surface area contributed by atoms with Gasteiger partial charge in [-0.25, -0.2) is 9.97 Å². The maximum absolute atomic E-state index is 12.4. The number of halogens is 3. The Morgan fingerprint density at radius 2 is 2.05 bits per heavy atom. The van der Waals surface area contributed by atoms with Crippen molar-refractivity contribution in [1.82, 2.24) is 15.3 Å². The van der Waals surface area contributed by atoms with Crippen molar-refractivity contribution in [2.75, 3.05) is 5.32 Å². The number of hydrogen-bond donors (Lipinski definition) is 2. The second-order valence-corrected chi connectivity index (χ2v) is 5.33. The second-order valence-electron chi connectivity index (χ2n) is 5.33. The molecule has 1 saturated carbocycles. The predicted octanol–water partition coefficient (Wildman–Crippen LogP) is 2.05. The lowest BCUT2D eigenvalue weighted by Gasteiger charge is -2.28. The highest BCUT2D eigenvalue weighted by Crippen LogP contribution is 2.36. The van der Waals surface area contributed by atoms with Crippen molar-refractivity contribution >= 4 is 5.82 Å². The van der Waals surface area contributed by atoms with Crippen LogP contribution in [-0.2, 0) is 6.18 Å². The SMILES string of the molecule is CC1NC2CC1CC2Nc1cnc(C(F)(F)F)cn1. The molecule has 19 heavy (non-hydrogen) atoms. The molecule has 2 bridgehead atoms. The fourth-order valence-corrected chi connectivity index (χ4v) is 3.04. The van der Waals surface area contributed by atoms with E-state index in [1.165, 1.54) is 0 Å². The molecule has 0 amide bonds. The smallest absolute Gasteiger partial charge is 0.364 e. The Balaban J connectivity index is 1.65. The van der Waals surface area contributed by atoms with Gasteiger partial charge >= 0.3 is 6.18 Å². The lowest BCUT2D eigenvalue weighted by Crippen LogP contribution is -2.45. The van der Waals surface area contributed by atoms with Gasteiger partial charge < -0.3 is 10.6 Å². The molecule has 2 heterocycles. The zero-order valence-corrected chi connectivity index (χ0v) is 10.4. The highest BCUT2D eigenvalue weighted by atomic mass is 19.4. The molecule has 2 aliphatic rings. The van der Waals surface area contributed by atoms with E-state index in [1.54, 1.807) is 0 Å². The van der Waals surface area contributed by atoms with E-state index >= 15 is 0 Å². The molecule has 0 radical (unpaired) electrons. The summed E-state index contributed by atoms with van der Waals surface area (Å²) >= 11 is 0. The first-order chi connectivity index (χ1) is 8.93. The summed E-state index contributed by atoms with van der Waals surface area (Å²) in [7, 11) is 0. The average molecular weight is 272 g/mol. The highest BCUT2D eigenvalue weighted by molar-refractivity contribution is 5.34. The van der Waals surface area contributed by atoms with Gasteiger partial charge in [-0.1, -0.05) is 0 Å². The molecule has 1 aromatic heterocycles. The molecule has 4 atom stereocenters. The van der Waals surface area contributed by atoms with E-state index in [2.05, 4.69) is 27.5 Å². The molecule has 1 aliphatic carbocycles. The van der Waals surface area contributed by atoms with E-state index in [9.17, 15) is 13.2 Å². The van der Waals surface area contributed by atoms with Gasteiger partial charge in [-0.05, 0) is 25.7 Å². The minimum atomic E-state index is -4.44. The van der Waals surface area contributed by atoms with Crippen LogP contribution in [0.1, 0.15) is 25.5 Å². The standard InChI is InChI=1S/C12H15F3N4/c1-6-7-2-8(18-6)9(3-7)19-11-5-16-10(4-17-11)12(13,14)15/h4-9,18H,2-3H2,1H3,(H,17,19). The Morgan fingerprint density at radius 1 is 1.26 bits per heavy atom. The highest BCUT2D eigenvalue weighted by Gasteiger charge is 2.43. The van der Waals surface area contributed by atoms with Crippen LogP contribution in [0.2, 0.25) is 0 Å². The fraction of sp³-hybridized carbons (Fsp3) is 0.667. The third-order valence-electron chi connectivity index (χ3n) is 4.06. The van der Waals surface area contributed by atoms with E-state index in [1.807, 2.05) is 0 Å². The first-order valence-electron chi connectivity index (χ1n) is 6.35. The normalized spacial score (nSPS) is 33.7. The van der Waals surface area contributed by atoms with Crippen LogP contribution in [0.5, 0.6) is 0 Å². The molecule has 0 spiro atoms. The largest absolute Gasteiger partial charge is 0.434 e. The monoisotopic (exact) mass is 272 g/mol. The summed E-state index contributed by atoms with van der Waals surface area (Å²) in [6.07, 6.45) is -0.368. The molecule has 0 aromatic carbocycles. The van der Waals surface area contributed by atoms with Crippen LogP contribution in [0.15, 0.2) is 12.4 Å². The average Bonchev–Trinajstić information content (AvgIpc) is 2.87. The van der Waals surface area contributed by atoms with Crippen molar-refractivity contribution < 1.29 is 13.2 Å². The maximum atomic E-state index is 12.4. The minimum absolute atomic E-state index is 0.229. The van der Waals surface area contributed by atoms with Gasteiger partial charge in [0.15, 0.2) is 5.69 Å². The van der Waals surface area contributed by atoms with Crippen molar-refractivity contribution in [3.8, 4) is 0 Å². The third-order valence-corrected chi connectivity index (χ3v) is 4.06. The molecule has 3 rings (SSSR count). The van der Waals surface area contributed by atoms with Crippen LogP contribution >= 0.6 is 0 Å². The van der Waals surface area contributed by atoms with Crippen molar-refractivity contribution in [2.24, 2.45) is 5.92 Å². The quantitative estimate of drug-likeness (QED) is 0.865. The lowest BCUT2D eigenvalue weighted by atomic mass is 10.00. The number of aromatic nitrogens is 2. The van der Waals surface area contributed by atoms with E-state index < -0.39 is 11.9 Å². The number of nitrogens with one attached hydrogen (secondary N) is 2. The molecule has 2 fully saturated rings. The summed E-state index contributed by atoms with van der Waals surface area (Å²) in [6, 6.07) is 1.14. The maximum Gasteiger partial charge on any atom is 0.434 e. The van der Waals surface area contributed by atoms with E-state index in [4.69, 9.17) is 0 Å². The summed E-state index contributed by atoms with van der Waals surface area (Å²) in [4.78, 5) is 7.19. The number of nitrogens with zero attached hydrogens (tertiary/aromatic N) is 2. The van der Waals surface area contributed by atoms with Gasteiger partial charge in [-0.2, -0.15) is 13.2 Å². The number of alkyl halides is 3. The van der Waals surface area contributed by atoms with Gasteiger partial charge in [-0.3, -0.25) is 0 Å². The third kappa shape index (κ3) is 2.39. The first kappa shape index (κ1) is 12.7.